The molecule has 0 fully saturated rings. The summed E-state index contributed by atoms with van der Waals surface area (Å²) in [5, 5.41) is 8.98. The van der Waals surface area contributed by atoms with Crippen LogP contribution in [-0.4, -0.2) is 19.6 Å². The Morgan fingerprint density at radius 1 is 1.29 bits per heavy atom. The first-order chi connectivity index (χ1) is 8.22. The van der Waals surface area contributed by atoms with Crippen LogP contribution >= 0.6 is 0 Å². The number of anilines is 1. The van der Waals surface area contributed by atoms with Crippen molar-refractivity contribution in [3.8, 4) is 0 Å². The number of fused-ring (bicyclic) bond motifs is 3. The standard InChI is InChI=1S/C12H12N4O/c1-7-4-3-5-16-11(7)14-10-8(2)9(15-17)6-13-12(10)16/h3-6,15,17H,1-2H3. The summed E-state index contributed by atoms with van der Waals surface area (Å²) >= 11 is 0. The maximum absolute atomic E-state index is 8.98. The van der Waals surface area contributed by atoms with Gasteiger partial charge in [-0.3, -0.25) is 15.1 Å². The molecule has 3 aromatic heterocycles. The molecule has 5 nitrogen and oxygen atoms in total. The molecule has 3 aromatic rings. The predicted molar refractivity (Wildman–Crippen MR) is 65.4 cm³/mol. The van der Waals surface area contributed by atoms with Crippen molar-refractivity contribution in [3.63, 3.8) is 0 Å². The van der Waals surface area contributed by atoms with E-state index in [0.29, 0.717) is 5.69 Å². The van der Waals surface area contributed by atoms with E-state index in [1.165, 1.54) is 0 Å². The van der Waals surface area contributed by atoms with Gasteiger partial charge in [-0.15, -0.1) is 0 Å². The lowest BCUT2D eigenvalue weighted by atomic mass is 10.2. The molecule has 0 aliphatic rings. The highest BCUT2D eigenvalue weighted by Gasteiger charge is 2.11. The van der Waals surface area contributed by atoms with Gasteiger partial charge < -0.3 is 0 Å². The normalized spacial score (nSPS) is 11.2. The highest BCUT2D eigenvalue weighted by Crippen LogP contribution is 2.24. The van der Waals surface area contributed by atoms with Crippen LogP contribution in [0.3, 0.4) is 0 Å². The molecule has 0 atom stereocenters. The van der Waals surface area contributed by atoms with E-state index in [4.69, 9.17) is 5.21 Å². The average molecular weight is 228 g/mol. The Hall–Kier alpha value is -2.14. The Labute approximate surface area is 97.7 Å². The summed E-state index contributed by atoms with van der Waals surface area (Å²) in [6.07, 6.45) is 3.55. The number of aryl methyl sites for hydroxylation is 2. The van der Waals surface area contributed by atoms with Crippen LogP contribution in [0.4, 0.5) is 5.69 Å². The number of pyridine rings is 2. The van der Waals surface area contributed by atoms with Crippen molar-refractivity contribution in [1.29, 1.82) is 0 Å². The monoisotopic (exact) mass is 228 g/mol. The highest BCUT2D eigenvalue weighted by atomic mass is 16.5. The zero-order valence-corrected chi connectivity index (χ0v) is 9.60. The maximum Gasteiger partial charge on any atom is 0.164 e. The van der Waals surface area contributed by atoms with Crippen molar-refractivity contribution in [1.82, 2.24) is 14.4 Å². The molecule has 3 heterocycles. The first kappa shape index (κ1) is 10.0. The molecule has 17 heavy (non-hydrogen) atoms. The third-order valence-corrected chi connectivity index (χ3v) is 3.02. The summed E-state index contributed by atoms with van der Waals surface area (Å²) < 4.78 is 1.96. The lowest BCUT2D eigenvalue weighted by Gasteiger charge is -2.02. The SMILES string of the molecule is Cc1c(NO)cnc2c1nc1c(C)cccn12. The molecule has 5 heteroatoms. The number of aromatic nitrogens is 3. The molecule has 0 unspecified atom stereocenters. The van der Waals surface area contributed by atoms with E-state index in [1.807, 2.05) is 36.6 Å². The molecule has 0 amide bonds. The van der Waals surface area contributed by atoms with Crippen LogP contribution < -0.4 is 5.48 Å². The van der Waals surface area contributed by atoms with Crippen LogP contribution in [0, 0.1) is 13.8 Å². The Balaban J connectivity index is 2.51. The molecule has 0 aromatic carbocycles. The van der Waals surface area contributed by atoms with Crippen LogP contribution in [0.1, 0.15) is 11.1 Å². The van der Waals surface area contributed by atoms with E-state index in [-0.39, 0.29) is 0 Å². The van der Waals surface area contributed by atoms with Gasteiger partial charge in [0.2, 0.25) is 0 Å². The van der Waals surface area contributed by atoms with E-state index in [9.17, 15) is 0 Å². The van der Waals surface area contributed by atoms with E-state index < -0.39 is 0 Å². The molecule has 86 valence electrons. The predicted octanol–water partition coefficient (Wildman–Crippen LogP) is 2.30. The van der Waals surface area contributed by atoms with Gasteiger partial charge in [0.25, 0.3) is 0 Å². The second-order valence-corrected chi connectivity index (χ2v) is 4.08. The fourth-order valence-electron chi connectivity index (χ4n) is 2.03. The summed E-state index contributed by atoms with van der Waals surface area (Å²) in [6, 6.07) is 3.99. The van der Waals surface area contributed by atoms with Crippen LogP contribution in [0.2, 0.25) is 0 Å². The number of nitrogens with one attached hydrogen (secondary N) is 1. The number of hydrogen-bond donors (Lipinski definition) is 2. The fourth-order valence-corrected chi connectivity index (χ4v) is 2.03. The Kier molecular flexibility index (Phi) is 2.02. The van der Waals surface area contributed by atoms with Crippen LogP contribution in [0.5, 0.6) is 0 Å². The molecule has 0 bridgehead atoms. The number of nitrogens with zero attached hydrogens (tertiary/aromatic N) is 3. The zero-order valence-electron chi connectivity index (χ0n) is 9.60. The summed E-state index contributed by atoms with van der Waals surface area (Å²) in [5.74, 6) is 0. The molecule has 0 radical (unpaired) electrons. The van der Waals surface area contributed by atoms with Crippen molar-refractivity contribution in [2.45, 2.75) is 13.8 Å². The lowest BCUT2D eigenvalue weighted by Crippen LogP contribution is -1.95. The lowest BCUT2D eigenvalue weighted by molar-refractivity contribution is 0.388. The molecule has 0 saturated carbocycles. The zero-order chi connectivity index (χ0) is 12.0. The Morgan fingerprint density at radius 2 is 2.12 bits per heavy atom. The van der Waals surface area contributed by atoms with Crippen molar-refractivity contribution < 1.29 is 5.21 Å². The maximum atomic E-state index is 8.98. The summed E-state index contributed by atoms with van der Waals surface area (Å²) in [4.78, 5) is 8.89. The minimum atomic E-state index is 0.582. The Morgan fingerprint density at radius 3 is 2.88 bits per heavy atom. The van der Waals surface area contributed by atoms with Crippen molar-refractivity contribution in [2.24, 2.45) is 0 Å². The van der Waals surface area contributed by atoms with E-state index in [2.05, 4.69) is 15.4 Å². The molecule has 2 N–H and O–H groups in total. The number of hydrogen-bond acceptors (Lipinski definition) is 4. The molecule has 0 saturated heterocycles. The van der Waals surface area contributed by atoms with Gasteiger partial charge >= 0.3 is 0 Å². The fraction of sp³-hybridized carbons (Fsp3) is 0.167. The summed E-state index contributed by atoms with van der Waals surface area (Å²) in [5.41, 5.74) is 7.21. The quantitative estimate of drug-likeness (QED) is 0.627. The van der Waals surface area contributed by atoms with Crippen molar-refractivity contribution >= 4 is 22.5 Å². The summed E-state index contributed by atoms with van der Waals surface area (Å²) in [6.45, 7) is 3.92. The van der Waals surface area contributed by atoms with E-state index in [1.54, 1.807) is 6.20 Å². The minimum absolute atomic E-state index is 0.582. The van der Waals surface area contributed by atoms with Crippen LogP contribution in [0.25, 0.3) is 16.8 Å². The molecular formula is C12H12N4O. The second-order valence-electron chi connectivity index (χ2n) is 4.08. The molecule has 0 aliphatic heterocycles. The van der Waals surface area contributed by atoms with Gasteiger partial charge in [-0.05, 0) is 25.5 Å². The van der Waals surface area contributed by atoms with E-state index in [0.717, 1.165) is 27.9 Å². The first-order valence-corrected chi connectivity index (χ1v) is 5.35. The largest absolute Gasteiger partial charge is 0.291 e. The first-order valence-electron chi connectivity index (χ1n) is 5.35. The smallest absolute Gasteiger partial charge is 0.164 e. The van der Waals surface area contributed by atoms with Gasteiger partial charge in [0.1, 0.15) is 11.2 Å². The van der Waals surface area contributed by atoms with Crippen molar-refractivity contribution in [3.05, 3.63) is 35.7 Å². The minimum Gasteiger partial charge on any atom is -0.291 e. The van der Waals surface area contributed by atoms with Gasteiger partial charge in [0.15, 0.2) is 5.65 Å². The van der Waals surface area contributed by atoms with Gasteiger partial charge in [-0.1, -0.05) is 6.07 Å². The molecular weight excluding hydrogens is 216 g/mol. The Bertz CT molecular complexity index is 717. The van der Waals surface area contributed by atoms with Crippen LogP contribution in [0.15, 0.2) is 24.5 Å². The second kappa shape index (κ2) is 3.43. The molecule has 0 spiro atoms. The average Bonchev–Trinajstić information content (AvgIpc) is 2.71. The molecule has 3 rings (SSSR count). The summed E-state index contributed by atoms with van der Waals surface area (Å²) in [7, 11) is 0. The topological polar surface area (TPSA) is 62.5 Å². The number of imidazole rings is 1. The van der Waals surface area contributed by atoms with Gasteiger partial charge in [0.05, 0.1) is 11.9 Å². The molecule has 0 aliphatic carbocycles. The van der Waals surface area contributed by atoms with Gasteiger partial charge in [-0.25, -0.2) is 9.97 Å². The highest BCUT2D eigenvalue weighted by molar-refractivity contribution is 5.84. The van der Waals surface area contributed by atoms with Crippen molar-refractivity contribution in [2.75, 3.05) is 5.48 Å². The van der Waals surface area contributed by atoms with E-state index >= 15 is 0 Å². The van der Waals surface area contributed by atoms with Crippen LogP contribution in [-0.2, 0) is 0 Å². The number of rotatable bonds is 1. The third-order valence-electron chi connectivity index (χ3n) is 3.02. The van der Waals surface area contributed by atoms with Gasteiger partial charge in [0, 0.05) is 11.8 Å². The van der Waals surface area contributed by atoms with Gasteiger partial charge in [-0.2, -0.15) is 0 Å². The third kappa shape index (κ3) is 1.29.